The molecule has 0 spiro atoms. The normalized spacial score (nSPS) is 11.3. The van der Waals surface area contributed by atoms with Gasteiger partial charge in [-0.3, -0.25) is 4.79 Å². The van der Waals surface area contributed by atoms with E-state index in [0.29, 0.717) is 5.92 Å². The Morgan fingerprint density at radius 2 is 2.06 bits per heavy atom. The summed E-state index contributed by atoms with van der Waals surface area (Å²) in [6.07, 6.45) is 0.0852. The van der Waals surface area contributed by atoms with Gasteiger partial charge in [0.2, 0.25) is 0 Å². The highest BCUT2D eigenvalue weighted by atomic mass is 16.4. The highest BCUT2D eigenvalue weighted by molar-refractivity contribution is 5.83. The first-order chi connectivity index (χ1) is 7.99. The van der Waals surface area contributed by atoms with E-state index in [0.717, 1.165) is 16.5 Å². The smallest absolute Gasteiger partial charge is 0.307 e. The van der Waals surface area contributed by atoms with Crippen LogP contribution in [0.1, 0.15) is 31.0 Å². The average Bonchev–Trinajstić information content (AvgIpc) is 2.55. The Kier molecular flexibility index (Phi) is 2.92. The maximum absolute atomic E-state index is 10.7. The van der Waals surface area contributed by atoms with Crippen molar-refractivity contribution < 1.29 is 9.90 Å². The van der Waals surface area contributed by atoms with Gasteiger partial charge in [-0.2, -0.15) is 0 Å². The van der Waals surface area contributed by atoms with Gasteiger partial charge in [0, 0.05) is 23.6 Å². The molecule has 0 fully saturated rings. The Balaban J connectivity index is 2.51. The van der Waals surface area contributed by atoms with Crippen molar-refractivity contribution >= 4 is 16.9 Å². The topological polar surface area (TPSA) is 42.2 Å². The van der Waals surface area contributed by atoms with Crippen LogP contribution >= 0.6 is 0 Å². The highest BCUT2D eigenvalue weighted by Gasteiger charge is 2.10. The molecule has 2 rings (SSSR count). The number of aliphatic carboxylic acids is 1. The third-order valence-corrected chi connectivity index (χ3v) is 3.09. The predicted octanol–water partition coefficient (Wildman–Crippen LogP) is 2.93. The number of carboxylic acids is 1. The average molecular weight is 231 g/mol. The quantitative estimate of drug-likeness (QED) is 0.882. The minimum absolute atomic E-state index is 0.0852. The number of carboxylic acid groups (broad SMARTS) is 1. The van der Waals surface area contributed by atoms with Crippen molar-refractivity contribution in [3.63, 3.8) is 0 Å². The number of aromatic nitrogens is 1. The summed E-state index contributed by atoms with van der Waals surface area (Å²) in [6.45, 7) is 4.32. The fourth-order valence-corrected chi connectivity index (χ4v) is 2.26. The van der Waals surface area contributed by atoms with Crippen LogP contribution in [0.15, 0.2) is 24.3 Å². The van der Waals surface area contributed by atoms with Gasteiger partial charge in [-0.15, -0.1) is 0 Å². The van der Waals surface area contributed by atoms with Crippen LogP contribution in [0.25, 0.3) is 10.9 Å². The molecule has 0 aliphatic carbocycles. The summed E-state index contributed by atoms with van der Waals surface area (Å²) in [4.78, 5) is 10.7. The van der Waals surface area contributed by atoms with Gasteiger partial charge in [-0.25, -0.2) is 0 Å². The maximum atomic E-state index is 10.7. The second-order valence-electron chi connectivity index (χ2n) is 4.75. The van der Waals surface area contributed by atoms with Crippen LogP contribution < -0.4 is 0 Å². The fraction of sp³-hybridized carbons (Fsp3) is 0.357. The Morgan fingerprint density at radius 3 is 2.65 bits per heavy atom. The highest BCUT2D eigenvalue weighted by Crippen LogP contribution is 2.25. The van der Waals surface area contributed by atoms with Gasteiger partial charge < -0.3 is 9.67 Å². The predicted molar refractivity (Wildman–Crippen MR) is 68.3 cm³/mol. The van der Waals surface area contributed by atoms with Gasteiger partial charge in [0.05, 0.1) is 6.42 Å². The summed E-state index contributed by atoms with van der Waals surface area (Å²) >= 11 is 0. The van der Waals surface area contributed by atoms with Crippen molar-refractivity contribution in [2.45, 2.75) is 26.2 Å². The number of benzene rings is 1. The standard InChI is InChI=1S/C14H17NO2/c1-9(2)13-8-11-6-10(7-14(16)17)4-5-12(11)15(13)3/h4-6,8-9H,7H2,1-3H3,(H,16,17). The van der Waals surface area contributed by atoms with Crippen LogP contribution in [0.3, 0.4) is 0 Å². The Bertz CT molecular complexity index is 567. The molecule has 1 N–H and O–H groups in total. The number of rotatable bonds is 3. The number of nitrogens with zero attached hydrogens (tertiary/aromatic N) is 1. The molecular weight excluding hydrogens is 214 g/mol. The molecule has 0 aliphatic rings. The molecule has 17 heavy (non-hydrogen) atoms. The van der Waals surface area contributed by atoms with Gasteiger partial charge in [0.25, 0.3) is 0 Å². The monoisotopic (exact) mass is 231 g/mol. The zero-order chi connectivity index (χ0) is 12.6. The lowest BCUT2D eigenvalue weighted by Gasteiger charge is -2.06. The van der Waals surface area contributed by atoms with Gasteiger partial charge in [0.15, 0.2) is 0 Å². The summed E-state index contributed by atoms with van der Waals surface area (Å²) in [7, 11) is 2.05. The van der Waals surface area contributed by atoms with Crippen LogP contribution in [0.4, 0.5) is 0 Å². The lowest BCUT2D eigenvalue weighted by Crippen LogP contribution is -2.00. The van der Waals surface area contributed by atoms with Crippen molar-refractivity contribution in [1.29, 1.82) is 0 Å². The van der Waals surface area contributed by atoms with E-state index in [1.54, 1.807) is 0 Å². The SMILES string of the molecule is CC(C)c1cc2cc(CC(=O)O)ccc2n1C. The van der Waals surface area contributed by atoms with Gasteiger partial charge in [-0.1, -0.05) is 19.9 Å². The Hall–Kier alpha value is -1.77. The summed E-state index contributed by atoms with van der Waals surface area (Å²) in [5.41, 5.74) is 3.28. The minimum Gasteiger partial charge on any atom is -0.481 e. The van der Waals surface area contributed by atoms with E-state index in [1.807, 2.05) is 18.2 Å². The molecular formula is C14H17NO2. The molecule has 1 aromatic heterocycles. The number of aryl methyl sites for hydroxylation is 1. The van der Waals surface area contributed by atoms with E-state index < -0.39 is 5.97 Å². The second-order valence-corrected chi connectivity index (χ2v) is 4.75. The van der Waals surface area contributed by atoms with Crippen molar-refractivity contribution in [2.24, 2.45) is 7.05 Å². The molecule has 2 aromatic rings. The van der Waals surface area contributed by atoms with Crippen LogP contribution in [0.5, 0.6) is 0 Å². The fourth-order valence-electron chi connectivity index (χ4n) is 2.26. The molecule has 0 atom stereocenters. The number of hydrogen-bond acceptors (Lipinski definition) is 1. The largest absolute Gasteiger partial charge is 0.481 e. The summed E-state index contributed by atoms with van der Waals surface area (Å²) in [6, 6.07) is 8.00. The number of fused-ring (bicyclic) bond motifs is 1. The number of hydrogen-bond donors (Lipinski definition) is 1. The molecule has 3 heteroatoms. The van der Waals surface area contributed by atoms with E-state index in [2.05, 4.69) is 31.5 Å². The van der Waals surface area contributed by atoms with E-state index in [4.69, 9.17) is 5.11 Å². The van der Waals surface area contributed by atoms with Gasteiger partial charge in [0.1, 0.15) is 0 Å². The molecule has 0 saturated heterocycles. The molecule has 0 saturated carbocycles. The molecule has 1 heterocycles. The third kappa shape index (κ3) is 2.18. The Labute approximate surface area is 101 Å². The van der Waals surface area contributed by atoms with Gasteiger partial charge >= 0.3 is 5.97 Å². The minimum atomic E-state index is -0.788. The van der Waals surface area contributed by atoms with Crippen molar-refractivity contribution in [1.82, 2.24) is 4.57 Å². The van der Waals surface area contributed by atoms with Crippen molar-refractivity contribution in [2.75, 3.05) is 0 Å². The summed E-state index contributed by atoms with van der Waals surface area (Å²) < 4.78 is 2.17. The van der Waals surface area contributed by atoms with Gasteiger partial charge in [-0.05, 0) is 29.7 Å². The Morgan fingerprint density at radius 1 is 1.35 bits per heavy atom. The molecule has 0 amide bonds. The lowest BCUT2D eigenvalue weighted by molar-refractivity contribution is -0.136. The van der Waals surface area contributed by atoms with E-state index >= 15 is 0 Å². The molecule has 0 radical (unpaired) electrons. The zero-order valence-electron chi connectivity index (χ0n) is 10.4. The summed E-state index contributed by atoms with van der Waals surface area (Å²) in [5, 5.41) is 9.90. The first kappa shape index (κ1) is 11.7. The number of carbonyl (C=O) groups is 1. The van der Waals surface area contributed by atoms with Crippen LogP contribution in [-0.2, 0) is 18.3 Å². The van der Waals surface area contributed by atoms with Crippen LogP contribution in [0.2, 0.25) is 0 Å². The van der Waals surface area contributed by atoms with E-state index in [9.17, 15) is 4.79 Å². The third-order valence-electron chi connectivity index (χ3n) is 3.09. The molecule has 3 nitrogen and oxygen atoms in total. The van der Waals surface area contributed by atoms with Crippen molar-refractivity contribution in [3.05, 3.63) is 35.5 Å². The molecule has 0 bridgehead atoms. The zero-order valence-corrected chi connectivity index (χ0v) is 10.4. The second kappa shape index (κ2) is 4.24. The van der Waals surface area contributed by atoms with E-state index in [1.165, 1.54) is 5.69 Å². The van der Waals surface area contributed by atoms with Crippen molar-refractivity contribution in [3.8, 4) is 0 Å². The van der Waals surface area contributed by atoms with E-state index in [-0.39, 0.29) is 6.42 Å². The van der Waals surface area contributed by atoms with Crippen LogP contribution in [-0.4, -0.2) is 15.6 Å². The molecule has 0 aliphatic heterocycles. The maximum Gasteiger partial charge on any atom is 0.307 e. The first-order valence-electron chi connectivity index (χ1n) is 5.79. The van der Waals surface area contributed by atoms with Crippen LogP contribution in [0, 0.1) is 0 Å². The molecule has 90 valence electrons. The molecule has 1 aromatic carbocycles. The first-order valence-corrected chi connectivity index (χ1v) is 5.79. The summed E-state index contributed by atoms with van der Waals surface area (Å²) in [5.74, 6) is -0.320. The molecule has 0 unspecified atom stereocenters. The lowest BCUT2D eigenvalue weighted by atomic mass is 10.1.